The summed E-state index contributed by atoms with van der Waals surface area (Å²) in [6.07, 6.45) is 1.56. The minimum Gasteiger partial charge on any atom is -0.403 e. The Balaban J connectivity index is 1.54. The minimum absolute atomic E-state index is 0.191. The van der Waals surface area contributed by atoms with Crippen LogP contribution in [0, 0.1) is 0 Å². The van der Waals surface area contributed by atoms with Crippen molar-refractivity contribution in [2.24, 2.45) is 0 Å². The van der Waals surface area contributed by atoms with Gasteiger partial charge >= 0.3 is 7.12 Å². The third-order valence-corrected chi connectivity index (χ3v) is 5.66. The molecule has 5 nitrogen and oxygen atoms in total. The summed E-state index contributed by atoms with van der Waals surface area (Å²) in [6, 6.07) is 6.99. The molecule has 1 unspecified atom stereocenters. The van der Waals surface area contributed by atoms with E-state index in [4.69, 9.17) is 9.31 Å². The Hall–Kier alpha value is -1.66. The van der Waals surface area contributed by atoms with Gasteiger partial charge in [0.25, 0.3) is 11.8 Å². The first kappa shape index (κ1) is 18.1. The van der Waals surface area contributed by atoms with E-state index in [-0.39, 0.29) is 36.0 Å². The lowest BCUT2D eigenvalue weighted by Crippen LogP contribution is -2.41. The molecule has 2 heterocycles. The van der Waals surface area contributed by atoms with Gasteiger partial charge in [-0.15, -0.1) is 0 Å². The number of carbonyl (C=O) groups is 2. The fourth-order valence-electron chi connectivity index (χ4n) is 3.27. The molecule has 1 atom stereocenters. The van der Waals surface area contributed by atoms with Crippen molar-refractivity contribution in [2.75, 3.05) is 6.54 Å². The number of hydrogen-bond donors (Lipinski definition) is 0. The summed E-state index contributed by atoms with van der Waals surface area (Å²) in [5.41, 5.74) is 0.334. The zero-order valence-electron chi connectivity index (χ0n) is 15.7. The predicted octanol–water partition coefficient (Wildman–Crippen LogP) is 3.55. The zero-order valence-corrected chi connectivity index (χ0v) is 15.7. The molecule has 2 amide bonds. The average Bonchev–Trinajstić information content (AvgIpc) is 2.92. The summed E-state index contributed by atoms with van der Waals surface area (Å²) in [5.74, 6) is -0.191. The van der Waals surface area contributed by atoms with Gasteiger partial charge in [0.05, 0.1) is 22.3 Å². The van der Waals surface area contributed by atoms with Gasteiger partial charge in [0.1, 0.15) is 0 Å². The lowest BCUT2D eigenvalue weighted by Gasteiger charge is -2.32. The standard InChI is InChI=1S/C19H26BNO4/c1-13(20-24-18(2,3)19(4,5)25-20)9-8-12-21-16(22)14-10-6-7-11-15(14)17(21)23/h6-7,10-11,13H,8-9,12H2,1-5H3. The zero-order chi connectivity index (χ0) is 18.4. The molecule has 25 heavy (non-hydrogen) atoms. The van der Waals surface area contributed by atoms with Gasteiger partial charge in [0, 0.05) is 6.54 Å². The van der Waals surface area contributed by atoms with Crippen LogP contribution in [0.4, 0.5) is 0 Å². The topological polar surface area (TPSA) is 55.8 Å². The van der Waals surface area contributed by atoms with Gasteiger partial charge in [-0.25, -0.2) is 0 Å². The maximum Gasteiger partial charge on any atom is 0.460 e. The fourth-order valence-corrected chi connectivity index (χ4v) is 3.27. The van der Waals surface area contributed by atoms with Crippen molar-refractivity contribution >= 4 is 18.9 Å². The highest BCUT2D eigenvalue weighted by molar-refractivity contribution is 6.47. The Morgan fingerprint density at radius 2 is 1.48 bits per heavy atom. The molecule has 0 aliphatic carbocycles. The molecule has 1 saturated heterocycles. The molecule has 1 aromatic rings. The molecule has 3 rings (SSSR count). The van der Waals surface area contributed by atoms with Gasteiger partial charge in [-0.1, -0.05) is 25.5 Å². The van der Waals surface area contributed by atoms with Crippen molar-refractivity contribution < 1.29 is 18.9 Å². The van der Waals surface area contributed by atoms with Crippen LogP contribution in [0.15, 0.2) is 24.3 Å². The third-order valence-electron chi connectivity index (χ3n) is 5.66. The van der Waals surface area contributed by atoms with Crippen LogP contribution in [0.5, 0.6) is 0 Å². The van der Waals surface area contributed by atoms with E-state index in [0.717, 1.165) is 12.8 Å². The quantitative estimate of drug-likeness (QED) is 0.606. The number of benzene rings is 1. The van der Waals surface area contributed by atoms with Crippen LogP contribution in [0.1, 0.15) is 68.2 Å². The Morgan fingerprint density at radius 1 is 1.00 bits per heavy atom. The second kappa shape index (κ2) is 6.25. The van der Waals surface area contributed by atoms with E-state index in [2.05, 4.69) is 6.92 Å². The molecule has 134 valence electrons. The monoisotopic (exact) mass is 343 g/mol. The molecular weight excluding hydrogens is 317 g/mol. The van der Waals surface area contributed by atoms with Crippen LogP contribution in [-0.4, -0.2) is 41.6 Å². The van der Waals surface area contributed by atoms with Crippen molar-refractivity contribution in [3.63, 3.8) is 0 Å². The molecule has 1 aromatic carbocycles. The molecule has 0 bridgehead atoms. The Kier molecular flexibility index (Phi) is 4.54. The van der Waals surface area contributed by atoms with Gasteiger partial charge in [-0.2, -0.15) is 0 Å². The summed E-state index contributed by atoms with van der Waals surface area (Å²) in [7, 11) is -0.257. The number of fused-ring (bicyclic) bond motifs is 1. The van der Waals surface area contributed by atoms with Gasteiger partial charge < -0.3 is 9.31 Å². The minimum atomic E-state index is -0.339. The summed E-state index contributed by atoms with van der Waals surface area (Å²) in [5, 5.41) is 0. The van der Waals surface area contributed by atoms with Crippen LogP contribution in [0.2, 0.25) is 5.82 Å². The molecule has 6 heteroatoms. The van der Waals surface area contributed by atoms with E-state index in [1.807, 2.05) is 27.7 Å². The lowest BCUT2D eigenvalue weighted by molar-refractivity contribution is 0.00578. The van der Waals surface area contributed by atoms with E-state index in [9.17, 15) is 9.59 Å². The highest BCUT2D eigenvalue weighted by Gasteiger charge is 2.52. The molecule has 0 saturated carbocycles. The first-order chi connectivity index (χ1) is 11.6. The molecule has 0 aromatic heterocycles. The number of nitrogens with zero attached hydrogens (tertiary/aromatic N) is 1. The van der Waals surface area contributed by atoms with Crippen molar-refractivity contribution in [1.29, 1.82) is 0 Å². The van der Waals surface area contributed by atoms with E-state index >= 15 is 0 Å². The van der Waals surface area contributed by atoms with Gasteiger partial charge in [-0.3, -0.25) is 14.5 Å². The van der Waals surface area contributed by atoms with Gasteiger partial charge in [0.15, 0.2) is 0 Å². The van der Waals surface area contributed by atoms with Crippen LogP contribution < -0.4 is 0 Å². The van der Waals surface area contributed by atoms with Crippen LogP contribution in [0.25, 0.3) is 0 Å². The highest BCUT2D eigenvalue weighted by atomic mass is 16.7. The number of rotatable bonds is 5. The van der Waals surface area contributed by atoms with Crippen molar-refractivity contribution in [1.82, 2.24) is 4.90 Å². The Bertz CT molecular complexity index is 649. The molecule has 0 spiro atoms. The number of carbonyl (C=O) groups excluding carboxylic acids is 2. The maximum absolute atomic E-state index is 12.4. The molecule has 2 aliphatic rings. The smallest absolute Gasteiger partial charge is 0.403 e. The molecule has 0 N–H and O–H groups in total. The maximum atomic E-state index is 12.4. The van der Waals surface area contributed by atoms with Crippen LogP contribution >= 0.6 is 0 Å². The SMILES string of the molecule is CC(CCCN1C(=O)c2ccccc2C1=O)B1OC(C)(C)C(C)(C)O1. The van der Waals surface area contributed by atoms with E-state index in [1.54, 1.807) is 24.3 Å². The summed E-state index contributed by atoms with van der Waals surface area (Å²) in [4.78, 5) is 26.1. The highest BCUT2D eigenvalue weighted by Crippen LogP contribution is 2.40. The Labute approximate surface area is 149 Å². The van der Waals surface area contributed by atoms with Gasteiger partial charge in [-0.05, 0) is 52.1 Å². The third kappa shape index (κ3) is 3.13. The van der Waals surface area contributed by atoms with E-state index in [1.165, 1.54) is 4.90 Å². The fraction of sp³-hybridized carbons (Fsp3) is 0.579. The largest absolute Gasteiger partial charge is 0.460 e. The Morgan fingerprint density at radius 3 is 1.96 bits per heavy atom. The number of amides is 2. The summed E-state index contributed by atoms with van der Waals surface area (Å²) in [6.45, 7) is 10.7. The molecule has 2 aliphatic heterocycles. The number of hydrogen-bond acceptors (Lipinski definition) is 4. The molecule has 0 radical (unpaired) electrons. The van der Waals surface area contributed by atoms with Crippen molar-refractivity contribution in [3.8, 4) is 0 Å². The normalized spacial score (nSPS) is 22.4. The molecular formula is C19H26BNO4. The van der Waals surface area contributed by atoms with Gasteiger partial charge in [0.2, 0.25) is 0 Å². The predicted molar refractivity (Wildman–Crippen MR) is 96.5 cm³/mol. The van der Waals surface area contributed by atoms with Crippen LogP contribution in [-0.2, 0) is 9.31 Å². The second-order valence-corrected chi connectivity index (χ2v) is 8.05. The first-order valence-electron chi connectivity index (χ1n) is 8.95. The number of imide groups is 1. The second-order valence-electron chi connectivity index (χ2n) is 8.05. The van der Waals surface area contributed by atoms with E-state index in [0.29, 0.717) is 17.7 Å². The van der Waals surface area contributed by atoms with Crippen molar-refractivity contribution in [3.05, 3.63) is 35.4 Å². The average molecular weight is 343 g/mol. The lowest BCUT2D eigenvalue weighted by atomic mass is 9.71. The van der Waals surface area contributed by atoms with E-state index < -0.39 is 0 Å². The van der Waals surface area contributed by atoms with Crippen molar-refractivity contribution in [2.45, 2.75) is 64.5 Å². The molecule has 1 fully saturated rings. The summed E-state index contributed by atoms with van der Waals surface area (Å²) < 4.78 is 12.1. The van der Waals surface area contributed by atoms with Crippen LogP contribution in [0.3, 0.4) is 0 Å². The first-order valence-corrected chi connectivity index (χ1v) is 8.95. The summed E-state index contributed by atoms with van der Waals surface area (Å²) >= 11 is 0.